The first-order valence-corrected chi connectivity index (χ1v) is 11.3. The van der Waals surface area contributed by atoms with Gasteiger partial charge in [-0.25, -0.2) is 10.4 Å². The van der Waals surface area contributed by atoms with Gasteiger partial charge >= 0.3 is 0 Å². The Hall–Kier alpha value is -4.14. The maximum atomic E-state index is 13.1. The Morgan fingerprint density at radius 1 is 0.941 bits per heavy atom. The van der Waals surface area contributed by atoms with Crippen molar-refractivity contribution in [1.29, 1.82) is 0 Å². The molecule has 0 aliphatic carbocycles. The van der Waals surface area contributed by atoms with Crippen LogP contribution in [0, 0.1) is 0 Å². The van der Waals surface area contributed by atoms with Crippen LogP contribution in [-0.4, -0.2) is 27.2 Å². The van der Waals surface area contributed by atoms with Gasteiger partial charge in [0.2, 0.25) is 0 Å². The molecule has 7 nitrogen and oxygen atoms in total. The smallest absolute Gasteiger partial charge is 0.281 e. The first-order chi connectivity index (χ1) is 16.6. The number of para-hydroxylation sites is 2. The zero-order valence-corrected chi connectivity index (χ0v) is 18.7. The summed E-state index contributed by atoms with van der Waals surface area (Å²) in [4.78, 5) is 20.8. The molecule has 0 saturated heterocycles. The Morgan fingerprint density at radius 3 is 2.26 bits per heavy atom. The number of fused-ring (bicyclic) bond motifs is 1. The van der Waals surface area contributed by atoms with E-state index in [1.807, 2.05) is 36.4 Å². The molecular weight excluding hydrogens is 448 g/mol. The maximum Gasteiger partial charge on any atom is 0.281 e. The molecule has 0 spiro atoms. The zero-order chi connectivity index (χ0) is 23.4. The van der Waals surface area contributed by atoms with Crippen molar-refractivity contribution in [3.05, 3.63) is 114 Å². The van der Waals surface area contributed by atoms with Crippen molar-refractivity contribution >= 4 is 34.9 Å². The lowest BCUT2D eigenvalue weighted by molar-refractivity contribution is -0.136. The number of amides is 1. The van der Waals surface area contributed by atoms with Crippen LogP contribution in [0.1, 0.15) is 16.9 Å². The van der Waals surface area contributed by atoms with Gasteiger partial charge in [-0.05, 0) is 47.2 Å². The molecule has 34 heavy (non-hydrogen) atoms. The number of furan rings is 1. The van der Waals surface area contributed by atoms with Gasteiger partial charge < -0.3 is 14.5 Å². The molecule has 0 fully saturated rings. The van der Waals surface area contributed by atoms with Crippen LogP contribution in [0.15, 0.2) is 117 Å². The van der Waals surface area contributed by atoms with Crippen molar-refractivity contribution < 1.29 is 14.3 Å². The normalized spacial score (nSPS) is 11.8. The lowest BCUT2D eigenvalue weighted by Gasteiger charge is -2.26. The highest BCUT2D eigenvalue weighted by Gasteiger charge is 2.39. The van der Waals surface area contributed by atoms with Gasteiger partial charge in [-0.1, -0.05) is 72.8 Å². The number of nitrogens with one attached hydrogen (secondary N) is 2. The van der Waals surface area contributed by atoms with E-state index in [9.17, 15) is 9.90 Å². The number of aliphatic hydroxyl groups is 1. The van der Waals surface area contributed by atoms with Crippen molar-refractivity contribution in [2.45, 2.75) is 15.8 Å². The summed E-state index contributed by atoms with van der Waals surface area (Å²) in [5.41, 5.74) is 3.25. The third kappa shape index (κ3) is 4.36. The average Bonchev–Trinajstić information content (AvgIpc) is 3.50. The number of benzene rings is 3. The Balaban J connectivity index is 1.30. The standard InChI is InChI=1S/C26H20N4O3S/c31-24(26(32,18-9-3-1-4-10-18)19-11-5-2-6-12-19)30-27-17-20-15-16-23(33-20)34-25-28-21-13-7-8-14-22(21)29-25/h1-17,32H,(H,28,29)(H,30,31)/b27-17-. The minimum Gasteiger partial charge on any atom is -0.448 e. The summed E-state index contributed by atoms with van der Waals surface area (Å²) >= 11 is 1.35. The minimum atomic E-state index is -1.90. The predicted molar refractivity (Wildman–Crippen MR) is 131 cm³/mol. The first kappa shape index (κ1) is 21.7. The van der Waals surface area contributed by atoms with Gasteiger partial charge in [-0.3, -0.25) is 4.79 Å². The Bertz CT molecular complexity index is 1370. The molecule has 8 heteroatoms. The molecule has 0 radical (unpaired) electrons. The van der Waals surface area contributed by atoms with Crippen LogP contribution in [0.3, 0.4) is 0 Å². The molecule has 0 bridgehead atoms. The van der Waals surface area contributed by atoms with Crippen molar-refractivity contribution in [2.24, 2.45) is 5.10 Å². The highest BCUT2D eigenvalue weighted by molar-refractivity contribution is 7.99. The highest BCUT2D eigenvalue weighted by Crippen LogP contribution is 2.30. The lowest BCUT2D eigenvalue weighted by atomic mass is 9.85. The van der Waals surface area contributed by atoms with Gasteiger partial charge in [-0.15, -0.1) is 0 Å². The molecule has 0 saturated carbocycles. The summed E-state index contributed by atoms with van der Waals surface area (Å²) in [5.74, 6) is -0.230. The number of hydrazone groups is 1. The topological polar surface area (TPSA) is 104 Å². The molecule has 5 rings (SSSR count). The van der Waals surface area contributed by atoms with E-state index in [0.29, 0.717) is 27.1 Å². The Morgan fingerprint density at radius 2 is 1.59 bits per heavy atom. The number of H-pyrrole nitrogens is 1. The van der Waals surface area contributed by atoms with Crippen LogP contribution >= 0.6 is 11.8 Å². The molecule has 5 aromatic rings. The number of hydrogen-bond acceptors (Lipinski definition) is 6. The summed E-state index contributed by atoms with van der Waals surface area (Å²) in [5, 5.41) is 16.8. The fourth-order valence-corrected chi connectivity index (χ4v) is 4.32. The molecule has 168 valence electrons. The van der Waals surface area contributed by atoms with Gasteiger partial charge in [0.15, 0.2) is 15.8 Å². The third-order valence-corrected chi connectivity index (χ3v) is 6.04. The van der Waals surface area contributed by atoms with Gasteiger partial charge in [0.05, 0.1) is 17.2 Å². The van der Waals surface area contributed by atoms with E-state index in [1.54, 1.807) is 60.7 Å². The monoisotopic (exact) mass is 468 g/mol. The first-order valence-electron chi connectivity index (χ1n) is 10.5. The largest absolute Gasteiger partial charge is 0.448 e. The fraction of sp³-hybridized carbons (Fsp3) is 0.0385. The van der Waals surface area contributed by atoms with Crippen molar-refractivity contribution in [2.75, 3.05) is 0 Å². The van der Waals surface area contributed by atoms with E-state index in [0.717, 1.165) is 11.0 Å². The number of rotatable bonds is 7. The predicted octanol–water partition coefficient (Wildman–Crippen LogP) is 4.69. The minimum absolute atomic E-state index is 0.441. The molecule has 3 N–H and O–H groups in total. The number of carbonyl (C=O) groups is 1. The Labute approximate surface area is 199 Å². The van der Waals surface area contributed by atoms with Gasteiger partial charge in [-0.2, -0.15) is 5.10 Å². The van der Waals surface area contributed by atoms with Crippen molar-refractivity contribution in [3.8, 4) is 0 Å². The second kappa shape index (κ2) is 9.38. The van der Waals surface area contributed by atoms with Crippen LogP contribution in [-0.2, 0) is 10.4 Å². The average molecular weight is 469 g/mol. The Kier molecular flexibility index (Phi) is 5.99. The number of imidazole rings is 1. The highest BCUT2D eigenvalue weighted by atomic mass is 32.2. The molecule has 0 atom stereocenters. The summed E-state index contributed by atoms with van der Waals surface area (Å²) in [7, 11) is 0. The number of aromatic amines is 1. The lowest BCUT2D eigenvalue weighted by Crippen LogP contribution is -2.43. The second-order valence-corrected chi connectivity index (χ2v) is 8.45. The van der Waals surface area contributed by atoms with Crippen LogP contribution < -0.4 is 5.43 Å². The number of carbonyl (C=O) groups excluding carboxylic acids is 1. The van der Waals surface area contributed by atoms with E-state index < -0.39 is 11.5 Å². The van der Waals surface area contributed by atoms with Gasteiger partial charge in [0.1, 0.15) is 5.76 Å². The molecular formula is C26H20N4O3S. The van der Waals surface area contributed by atoms with Crippen LogP contribution in [0.5, 0.6) is 0 Å². The maximum absolute atomic E-state index is 13.1. The van der Waals surface area contributed by atoms with Crippen molar-refractivity contribution in [1.82, 2.24) is 15.4 Å². The summed E-state index contributed by atoms with van der Waals surface area (Å²) in [6, 6.07) is 28.8. The molecule has 2 heterocycles. The SMILES string of the molecule is O=C(N/N=C\c1ccc(Sc2nc3ccccc3[nH]2)o1)C(O)(c1ccccc1)c1ccccc1. The number of nitrogens with zero attached hydrogens (tertiary/aromatic N) is 2. The number of hydrogen-bond donors (Lipinski definition) is 3. The molecule has 0 aliphatic rings. The third-order valence-electron chi connectivity index (χ3n) is 5.24. The van der Waals surface area contributed by atoms with Gasteiger partial charge in [0, 0.05) is 0 Å². The van der Waals surface area contributed by atoms with Crippen LogP contribution in [0.4, 0.5) is 0 Å². The molecule has 3 aromatic carbocycles. The molecule has 0 aliphatic heterocycles. The summed E-state index contributed by atoms with van der Waals surface area (Å²) in [6.07, 6.45) is 1.39. The van der Waals surface area contributed by atoms with E-state index in [1.165, 1.54) is 18.0 Å². The van der Waals surface area contributed by atoms with Crippen LogP contribution in [0.25, 0.3) is 11.0 Å². The van der Waals surface area contributed by atoms with Crippen molar-refractivity contribution in [3.63, 3.8) is 0 Å². The second-order valence-electron chi connectivity index (χ2n) is 7.46. The number of aromatic nitrogens is 2. The quantitative estimate of drug-likeness (QED) is 0.237. The molecule has 1 amide bonds. The zero-order valence-electron chi connectivity index (χ0n) is 17.9. The molecule has 2 aromatic heterocycles. The van der Waals surface area contributed by atoms with Crippen LogP contribution in [0.2, 0.25) is 0 Å². The van der Waals surface area contributed by atoms with E-state index in [4.69, 9.17) is 4.42 Å². The van der Waals surface area contributed by atoms with E-state index >= 15 is 0 Å². The van der Waals surface area contributed by atoms with E-state index in [2.05, 4.69) is 20.5 Å². The van der Waals surface area contributed by atoms with Gasteiger partial charge in [0.25, 0.3) is 5.91 Å². The molecule has 0 unspecified atom stereocenters. The summed E-state index contributed by atoms with van der Waals surface area (Å²) in [6.45, 7) is 0. The fourth-order valence-electron chi connectivity index (χ4n) is 3.55. The summed E-state index contributed by atoms with van der Waals surface area (Å²) < 4.78 is 5.76. The van der Waals surface area contributed by atoms with E-state index in [-0.39, 0.29) is 0 Å².